The van der Waals surface area contributed by atoms with Crippen molar-refractivity contribution in [1.29, 1.82) is 0 Å². The van der Waals surface area contributed by atoms with Crippen LogP contribution in [0.3, 0.4) is 0 Å². The molecule has 1 N–H and O–H groups in total. The number of para-hydroxylation sites is 1. The Hall–Kier alpha value is -2.62. The van der Waals surface area contributed by atoms with Gasteiger partial charge >= 0.3 is 0 Å². The summed E-state index contributed by atoms with van der Waals surface area (Å²) in [7, 11) is 0. The molecule has 0 spiro atoms. The third-order valence-electron chi connectivity index (χ3n) is 2.58. The lowest BCUT2D eigenvalue weighted by atomic mass is 10.3. The van der Waals surface area contributed by atoms with Crippen LogP contribution in [0.5, 0.6) is 0 Å². The third kappa shape index (κ3) is 2.08. The summed E-state index contributed by atoms with van der Waals surface area (Å²) >= 11 is 0. The summed E-state index contributed by atoms with van der Waals surface area (Å²) in [5.41, 5.74) is 1.80. The van der Waals surface area contributed by atoms with Crippen molar-refractivity contribution in [2.45, 2.75) is 0 Å². The quantitative estimate of drug-likeness (QED) is 0.510. The molecule has 0 aliphatic carbocycles. The number of H-pyrrole nitrogens is 1. The second kappa shape index (κ2) is 4.71. The summed E-state index contributed by atoms with van der Waals surface area (Å²) in [6, 6.07) is 13.7. The van der Waals surface area contributed by atoms with E-state index in [1.807, 2.05) is 48.7 Å². The van der Waals surface area contributed by atoms with Crippen LogP contribution in [0.15, 0.2) is 65.6 Å². The zero-order valence-electron chi connectivity index (χ0n) is 9.58. The Morgan fingerprint density at radius 1 is 0.944 bits per heavy atom. The Morgan fingerprint density at radius 2 is 1.83 bits per heavy atom. The number of aromatic amines is 1. The van der Waals surface area contributed by atoms with E-state index in [1.54, 1.807) is 12.4 Å². The molecule has 0 fully saturated rings. The fraction of sp³-hybridized carbons (Fsp3) is 0. The van der Waals surface area contributed by atoms with E-state index in [1.165, 1.54) is 0 Å². The average Bonchev–Trinajstić information content (AvgIpc) is 3.08. The Kier molecular flexibility index (Phi) is 2.75. The van der Waals surface area contributed by atoms with Gasteiger partial charge in [0.2, 0.25) is 0 Å². The van der Waals surface area contributed by atoms with E-state index in [9.17, 15) is 0 Å². The van der Waals surface area contributed by atoms with Crippen molar-refractivity contribution in [1.82, 2.24) is 15.1 Å². The Morgan fingerprint density at radius 3 is 2.72 bits per heavy atom. The lowest BCUT2D eigenvalue weighted by molar-refractivity contribution is 0.456. The van der Waals surface area contributed by atoms with Crippen LogP contribution in [0.4, 0.5) is 0 Å². The van der Waals surface area contributed by atoms with Gasteiger partial charge in [0.05, 0.1) is 6.20 Å². The van der Waals surface area contributed by atoms with Crippen molar-refractivity contribution >= 4 is 22.0 Å². The average molecular weight is 237 g/mol. The highest BCUT2D eigenvalue weighted by atomic mass is 16.5. The van der Waals surface area contributed by atoms with Gasteiger partial charge < -0.3 is 9.51 Å². The van der Waals surface area contributed by atoms with Gasteiger partial charge in [0.1, 0.15) is 5.65 Å². The van der Waals surface area contributed by atoms with E-state index in [-0.39, 0.29) is 0 Å². The summed E-state index contributed by atoms with van der Waals surface area (Å²) in [4.78, 5) is 7.09. The van der Waals surface area contributed by atoms with Crippen molar-refractivity contribution < 1.29 is 4.52 Å². The fourth-order valence-corrected chi connectivity index (χ4v) is 1.69. The first-order chi connectivity index (χ1) is 8.93. The molecule has 4 nitrogen and oxygen atoms in total. The zero-order chi connectivity index (χ0) is 12.2. The molecule has 4 heteroatoms. The molecule has 0 saturated carbocycles. The molecular weight excluding hydrogens is 226 g/mol. The number of nitrogens with one attached hydrogen (secondary N) is 1. The van der Waals surface area contributed by atoms with Crippen LogP contribution in [0, 0.1) is 0 Å². The smallest absolute Gasteiger partial charge is 0.166 e. The highest BCUT2D eigenvalue weighted by molar-refractivity contribution is 5.75. The Labute approximate surface area is 103 Å². The van der Waals surface area contributed by atoms with E-state index in [2.05, 4.69) is 15.1 Å². The Balaban J connectivity index is 0.000000111. The SMILES string of the molecule is c1ccc2oncc2c1.c1cnc2[nH]ccc2c1. The molecular formula is C14H11N3O. The lowest BCUT2D eigenvalue weighted by Gasteiger charge is -1.82. The van der Waals surface area contributed by atoms with Gasteiger partial charge in [-0.2, -0.15) is 0 Å². The molecule has 0 saturated heterocycles. The monoisotopic (exact) mass is 237 g/mol. The molecule has 4 rings (SSSR count). The number of hydrogen-bond donors (Lipinski definition) is 1. The summed E-state index contributed by atoms with van der Waals surface area (Å²) in [5.74, 6) is 0. The van der Waals surface area contributed by atoms with Gasteiger partial charge in [0, 0.05) is 23.2 Å². The van der Waals surface area contributed by atoms with E-state index in [0.29, 0.717) is 0 Å². The molecule has 1 aromatic carbocycles. The van der Waals surface area contributed by atoms with Gasteiger partial charge in [0.15, 0.2) is 5.58 Å². The van der Waals surface area contributed by atoms with Crippen molar-refractivity contribution in [3.63, 3.8) is 0 Å². The van der Waals surface area contributed by atoms with Crippen LogP contribution >= 0.6 is 0 Å². The molecule has 0 amide bonds. The number of benzene rings is 1. The van der Waals surface area contributed by atoms with E-state index in [0.717, 1.165) is 22.0 Å². The summed E-state index contributed by atoms with van der Waals surface area (Å²) in [6.45, 7) is 0. The van der Waals surface area contributed by atoms with Gasteiger partial charge in [-0.3, -0.25) is 0 Å². The van der Waals surface area contributed by atoms with Crippen molar-refractivity contribution in [2.75, 3.05) is 0 Å². The normalized spacial score (nSPS) is 10.2. The highest BCUT2D eigenvalue weighted by Gasteiger charge is 1.91. The summed E-state index contributed by atoms with van der Waals surface area (Å²) in [5, 5.41) is 5.84. The number of rotatable bonds is 0. The number of hydrogen-bond acceptors (Lipinski definition) is 3. The summed E-state index contributed by atoms with van der Waals surface area (Å²) in [6.07, 6.45) is 5.37. The van der Waals surface area contributed by atoms with Gasteiger partial charge in [-0.05, 0) is 30.3 Å². The van der Waals surface area contributed by atoms with E-state index >= 15 is 0 Å². The predicted octanol–water partition coefficient (Wildman–Crippen LogP) is 3.39. The van der Waals surface area contributed by atoms with Gasteiger partial charge in [-0.1, -0.05) is 17.3 Å². The largest absolute Gasteiger partial charge is 0.356 e. The standard InChI is InChI=1S/C7H6N2.C7H5NO/c1-2-6-3-5-9-7(6)8-4-1;1-2-4-7-6(3-1)5-8-9-7/h1-5H,(H,8,9);1-5H. The molecule has 3 aromatic heterocycles. The number of fused-ring (bicyclic) bond motifs is 2. The lowest BCUT2D eigenvalue weighted by Crippen LogP contribution is -1.70. The predicted molar refractivity (Wildman–Crippen MR) is 70.1 cm³/mol. The topological polar surface area (TPSA) is 54.7 Å². The van der Waals surface area contributed by atoms with Crippen LogP contribution in [0.1, 0.15) is 0 Å². The molecule has 0 atom stereocenters. The molecule has 0 bridgehead atoms. The van der Waals surface area contributed by atoms with Crippen molar-refractivity contribution in [3.05, 3.63) is 61.1 Å². The van der Waals surface area contributed by atoms with Gasteiger partial charge in [-0.15, -0.1) is 0 Å². The van der Waals surface area contributed by atoms with Crippen molar-refractivity contribution in [3.8, 4) is 0 Å². The minimum atomic E-state index is 0.845. The second-order valence-corrected chi connectivity index (χ2v) is 3.78. The molecule has 3 heterocycles. The van der Waals surface area contributed by atoms with Crippen LogP contribution in [-0.2, 0) is 0 Å². The first-order valence-corrected chi connectivity index (χ1v) is 5.61. The van der Waals surface area contributed by atoms with E-state index < -0.39 is 0 Å². The molecule has 0 radical (unpaired) electrons. The number of aromatic nitrogens is 3. The van der Waals surface area contributed by atoms with Crippen LogP contribution in [-0.4, -0.2) is 15.1 Å². The third-order valence-corrected chi connectivity index (χ3v) is 2.58. The molecule has 0 unspecified atom stereocenters. The van der Waals surface area contributed by atoms with Crippen LogP contribution in [0.25, 0.3) is 22.0 Å². The molecule has 4 aromatic rings. The molecule has 0 aliphatic rings. The van der Waals surface area contributed by atoms with E-state index in [4.69, 9.17) is 4.52 Å². The number of pyridine rings is 1. The molecule has 18 heavy (non-hydrogen) atoms. The Bertz CT molecular complexity index is 631. The first-order valence-electron chi connectivity index (χ1n) is 5.61. The minimum absolute atomic E-state index is 0.845. The fourth-order valence-electron chi connectivity index (χ4n) is 1.69. The summed E-state index contributed by atoms with van der Waals surface area (Å²) < 4.78 is 4.87. The van der Waals surface area contributed by atoms with Crippen LogP contribution < -0.4 is 0 Å². The number of nitrogens with zero attached hydrogens (tertiary/aromatic N) is 2. The molecule has 0 aliphatic heterocycles. The molecule has 88 valence electrons. The highest BCUT2D eigenvalue weighted by Crippen LogP contribution is 2.10. The zero-order valence-corrected chi connectivity index (χ0v) is 9.58. The van der Waals surface area contributed by atoms with Crippen LogP contribution in [0.2, 0.25) is 0 Å². The maximum absolute atomic E-state index is 4.87. The second-order valence-electron chi connectivity index (χ2n) is 3.78. The maximum atomic E-state index is 4.87. The van der Waals surface area contributed by atoms with Crippen molar-refractivity contribution in [2.24, 2.45) is 0 Å². The first kappa shape index (κ1) is 10.5. The van der Waals surface area contributed by atoms with Gasteiger partial charge in [0.25, 0.3) is 0 Å². The van der Waals surface area contributed by atoms with Gasteiger partial charge in [-0.25, -0.2) is 4.98 Å². The minimum Gasteiger partial charge on any atom is -0.356 e. The maximum Gasteiger partial charge on any atom is 0.166 e.